The minimum atomic E-state index is -1.14. The second-order valence-electron chi connectivity index (χ2n) is 7.52. The fourth-order valence-electron chi connectivity index (χ4n) is 4.14. The molecule has 1 fully saturated rings. The summed E-state index contributed by atoms with van der Waals surface area (Å²) in [7, 11) is 0. The maximum Gasteiger partial charge on any atom is 0.337 e. The van der Waals surface area contributed by atoms with Crippen LogP contribution in [0.25, 0.3) is 0 Å². The van der Waals surface area contributed by atoms with Crippen LogP contribution in [0.2, 0.25) is 0 Å². The van der Waals surface area contributed by atoms with E-state index in [4.69, 9.17) is 0 Å². The molecular weight excluding hydrogens is 384 g/mol. The summed E-state index contributed by atoms with van der Waals surface area (Å²) in [6, 6.07) is 12.3. The van der Waals surface area contributed by atoms with E-state index in [-0.39, 0.29) is 46.4 Å². The van der Waals surface area contributed by atoms with Gasteiger partial charge in [0.05, 0.1) is 28.8 Å². The maximum atomic E-state index is 12.9. The zero-order chi connectivity index (χ0) is 21.4. The van der Waals surface area contributed by atoms with Gasteiger partial charge >= 0.3 is 5.97 Å². The van der Waals surface area contributed by atoms with Crippen LogP contribution in [-0.2, 0) is 9.59 Å². The number of hydrogen-bond donors (Lipinski definition) is 2. The number of allylic oxidation sites excluding steroid dienone is 2. The molecule has 3 atom stereocenters. The first-order chi connectivity index (χ1) is 14.4. The molecule has 0 aromatic heterocycles. The highest BCUT2D eigenvalue weighted by Gasteiger charge is 2.50. The lowest BCUT2D eigenvalue weighted by Crippen LogP contribution is -2.31. The van der Waals surface area contributed by atoms with E-state index >= 15 is 0 Å². The number of carbonyl (C=O) groups is 4. The number of benzene rings is 2. The van der Waals surface area contributed by atoms with Gasteiger partial charge in [-0.2, -0.15) is 0 Å². The van der Waals surface area contributed by atoms with Crippen LogP contribution in [0.15, 0.2) is 60.7 Å². The summed E-state index contributed by atoms with van der Waals surface area (Å²) in [5, 5.41) is 11.8. The maximum absolute atomic E-state index is 12.9. The number of anilines is 2. The lowest BCUT2D eigenvalue weighted by Gasteiger charge is -2.22. The van der Waals surface area contributed by atoms with Gasteiger partial charge in [-0.05, 0) is 48.7 Å². The highest BCUT2D eigenvalue weighted by Crippen LogP contribution is 2.40. The third kappa shape index (κ3) is 3.28. The van der Waals surface area contributed by atoms with E-state index in [1.807, 2.05) is 19.1 Å². The molecule has 0 bridgehead atoms. The summed E-state index contributed by atoms with van der Waals surface area (Å²) in [6.07, 6.45) is 4.47. The monoisotopic (exact) mass is 404 g/mol. The van der Waals surface area contributed by atoms with Crippen molar-refractivity contribution in [3.8, 4) is 0 Å². The Morgan fingerprint density at radius 2 is 1.73 bits per heavy atom. The average molecular weight is 404 g/mol. The van der Waals surface area contributed by atoms with Gasteiger partial charge in [-0.1, -0.05) is 31.2 Å². The summed E-state index contributed by atoms with van der Waals surface area (Å²) in [6.45, 7) is 1.93. The highest BCUT2D eigenvalue weighted by molar-refractivity contribution is 6.22. The lowest BCUT2D eigenvalue weighted by atomic mass is 9.78. The Labute approximate surface area is 173 Å². The molecule has 2 aromatic carbocycles. The molecule has 1 saturated heterocycles. The standard InChI is InChI=1S/C23H20N2O5/c1-13-5-4-7-17-19(13)22(28)25(21(17)27)15-11-9-14(10-12-15)20(26)24-18-8-3-2-6-16(18)23(29)30/h2-6,8-13,17,19H,7H2,1H3,(H,24,26)(H,29,30)/t13-,17+,19+/m1/s1. The van der Waals surface area contributed by atoms with Gasteiger partial charge in [0.2, 0.25) is 11.8 Å². The molecule has 2 aromatic rings. The molecule has 2 N–H and O–H groups in total. The van der Waals surface area contributed by atoms with Gasteiger partial charge in [0.1, 0.15) is 0 Å². The number of fused-ring (bicyclic) bond motifs is 1. The van der Waals surface area contributed by atoms with Crippen molar-refractivity contribution < 1.29 is 24.3 Å². The van der Waals surface area contributed by atoms with Crippen molar-refractivity contribution in [3.63, 3.8) is 0 Å². The van der Waals surface area contributed by atoms with E-state index in [2.05, 4.69) is 5.32 Å². The van der Waals surface area contributed by atoms with Crippen LogP contribution in [0.3, 0.4) is 0 Å². The first kappa shape index (κ1) is 19.6. The van der Waals surface area contributed by atoms with Crippen molar-refractivity contribution in [3.05, 3.63) is 71.8 Å². The van der Waals surface area contributed by atoms with Crippen LogP contribution < -0.4 is 10.2 Å². The Hall–Kier alpha value is -3.74. The fourth-order valence-corrected chi connectivity index (χ4v) is 4.14. The smallest absolute Gasteiger partial charge is 0.337 e. The Bertz CT molecular complexity index is 1070. The van der Waals surface area contributed by atoms with Gasteiger partial charge in [-0.3, -0.25) is 19.3 Å². The molecule has 152 valence electrons. The molecule has 0 spiro atoms. The molecule has 0 radical (unpaired) electrons. The summed E-state index contributed by atoms with van der Waals surface area (Å²) in [5.41, 5.74) is 0.884. The van der Waals surface area contributed by atoms with Gasteiger partial charge < -0.3 is 10.4 Å². The number of amides is 3. The van der Waals surface area contributed by atoms with Crippen molar-refractivity contribution >= 4 is 35.1 Å². The third-order valence-corrected chi connectivity index (χ3v) is 5.67. The number of nitrogens with zero attached hydrogens (tertiary/aromatic N) is 1. The Morgan fingerprint density at radius 3 is 2.40 bits per heavy atom. The molecule has 1 aliphatic heterocycles. The molecule has 0 saturated carbocycles. The quantitative estimate of drug-likeness (QED) is 0.601. The number of rotatable bonds is 4. The summed E-state index contributed by atoms with van der Waals surface area (Å²) in [5.74, 6) is -2.74. The van der Waals surface area contributed by atoms with Crippen LogP contribution in [0, 0.1) is 17.8 Å². The predicted octanol–water partition coefficient (Wildman–Crippen LogP) is 3.34. The second-order valence-corrected chi connectivity index (χ2v) is 7.52. The van der Waals surface area contributed by atoms with Crippen molar-refractivity contribution in [2.24, 2.45) is 17.8 Å². The zero-order valence-corrected chi connectivity index (χ0v) is 16.2. The van der Waals surface area contributed by atoms with E-state index in [0.29, 0.717) is 12.1 Å². The number of para-hydroxylation sites is 1. The molecule has 1 heterocycles. The molecule has 2 aliphatic rings. The average Bonchev–Trinajstić information content (AvgIpc) is 2.99. The number of nitrogens with one attached hydrogen (secondary N) is 1. The number of hydrogen-bond acceptors (Lipinski definition) is 4. The molecule has 3 amide bonds. The minimum absolute atomic E-state index is 0.00422. The fraction of sp³-hybridized carbons (Fsp3) is 0.217. The normalized spacial score (nSPS) is 22.7. The molecule has 0 unspecified atom stereocenters. The molecule has 1 aliphatic carbocycles. The van der Waals surface area contributed by atoms with Crippen molar-refractivity contribution in [2.45, 2.75) is 13.3 Å². The van der Waals surface area contributed by atoms with Gasteiger partial charge in [-0.25, -0.2) is 4.79 Å². The van der Waals surface area contributed by atoms with Crippen LogP contribution >= 0.6 is 0 Å². The van der Waals surface area contributed by atoms with Gasteiger partial charge in [-0.15, -0.1) is 0 Å². The summed E-state index contributed by atoms with van der Waals surface area (Å²) >= 11 is 0. The molecule has 7 nitrogen and oxygen atoms in total. The number of carboxylic acid groups (broad SMARTS) is 1. The van der Waals surface area contributed by atoms with Crippen LogP contribution in [0.4, 0.5) is 11.4 Å². The summed E-state index contributed by atoms with van der Waals surface area (Å²) in [4.78, 5) is 50.7. The Morgan fingerprint density at radius 1 is 1.03 bits per heavy atom. The molecule has 30 heavy (non-hydrogen) atoms. The van der Waals surface area contributed by atoms with Crippen molar-refractivity contribution in [1.82, 2.24) is 0 Å². The first-order valence-electron chi connectivity index (χ1n) is 9.66. The SMILES string of the molecule is C[C@@H]1C=CC[C@@H]2C(=O)N(c3ccc(C(=O)Nc4ccccc4C(=O)O)cc3)C(=O)[C@@H]12. The minimum Gasteiger partial charge on any atom is -0.478 e. The number of aromatic carboxylic acids is 1. The molecular formula is C23H20N2O5. The van der Waals surface area contributed by atoms with E-state index < -0.39 is 11.9 Å². The van der Waals surface area contributed by atoms with Crippen molar-refractivity contribution in [1.29, 1.82) is 0 Å². The lowest BCUT2D eigenvalue weighted by molar-refractivity contribution is -0.122. The number of carboxylic acids is 1. The first-order valence-corrected chi connectivity index (χ1v) is 9.66. The zero-order valence-electron chi connectivity index (χ0n) is 16.2. The van der Waals surface area contributed by atoms with E-state index in [1.54, 1.807) is 24.3 Å². The van der Waals surface area contributed by atoms with Gasteiger partial charge in [0.15, 0.2) is 0 Å². The molecule has 4 rings (SSSR count). The number of carbonyl (C=O) groups excluding carboxylic acids is 3. The third-order valence-electron chi connectivity index (χ3n) is 5.67. The van der Waals surface area contributed by atoms with Crippen molar-refractivity contribution in [2.75, 3.05) is 10.2 Å². The van der Waals surface area contributed by atoms with Gasteiger partial charge in [0, 0.05) is 5.56 Å². The molecule has 7 heteroatoms. The van der Waals surface area contributed by atoms with Crippen LogP contribution in [-0.4, -0.2) is 28.8 Å². The Kier molecular flexibility index (Phi) is 4.95. The predicted molar refractivity (Wildman–Crippen MR) is 110 cm³/mol. The topological polar surface area (TPSA) is 104 Å². The number of imide groups is 1. The van der Waals surface area contributed by atoms with E-state index in [1.165, 1.54) is 29.2 Å². The Balaban J connectivity index is 1.54. The largest absolute Gasteiger partial charge is 0.478 e. The van der Waals surface area contributed by atoms with Crippen LogP contribution in [0.5, 0.6) is 0 Å². The highest BCUT2D eigenvalue weighted by atomic mass is 16.4. The second kappa shape index (κ2) is 7.59. The van der Waals surface area contributed by atoms with Crippen LogP contribution in [0.1, 0.15) is 34.1 Å². The van der Waals surface area contributed by atoms with E-state index in [9.17, 15) is 24.3 Å². The van der Waals surface area contributed by atoms with E-state index in [0.717, 1.165) is 0 Å². The van der Waals surface area contributed by atoms with Gasteiger partial charge in [0.25, 0.3) is 5.91 Å². The summed E-state index contributed by atoms with van der Waals surface area (Å²) < 4.78 is 0.